The monoisotopic (exact) mass is 208 g/mol. The lowest BCUT2D eigenvalue weighted by molar-refractivity contribution is 0.151. The van der Waals surface area contributed by atoms with Crippen LogP contribution in [0, 0.1) is 5.92 Å². The Morgan fingerprint density at radius 1 is 1.47 bits per heavy atom. The highest BCUT2D eigenvalue weighted by Gasteiger charge is 2.31. The molecule has 3 aliphatic rings. The van der Waals surface area contributed by atoms with E-state index in [1.54, 1.807) is 0 Å². The largest absolute Gasteiger partial charge is 0.392 e. The minimum absolute atomic E-state index is 0.610. The second-order valence-electron chi connectivity index (χ2n) is 4.71. The fraction of sp³-hybridized carbons (Fsp3) is 0.750. The second kappa shape index (κ2) is 4.79. The van der Waals surface area contributed by atoms with E-state index in [0.717, 1.165) is 6.54 Å². The van der Waals surface area contributed by atoms with E-state index >= 15 is 0 Å². The molecule has 3 saturated heterocycles. The average Bonchev–Trinajstić information content (AvgIpc) is 2.26. The first-order chi connectivity index (χ1) is 7.25. The van der Waals surface area contributed by atoms with Gasteiger partial charge in [0.25, 0.3) is 0 Å². The molecular weight excluding hydrogens is 188 g/mol. The summed E-state index contributed by atoms with van der Waals surface area (Å²) in [4.78, 5) is 7.78. The van der Waals surface area contributed by atoms with Gasteiger partial charge in [-0.1, -0.05) is 10.7 Å². The van der Waals surface area contributed by atoms with Gasteiger partial charge in [-0.3, -0.25) is 4.90 Å². The Labute approximate surface area is 91.8 Å². The van der Waals surface area contributed by atoms with E-state index in [1.165, 1.54) is 37.2 Å². The van der Waals surface area contributed by atoms with E-state index in [0.29, 0.717) is 12.5 Å². The summed E-state index contributed by atoms with van der Waals surface area (Å²) in [6.07, 6.45) is 4.60. The fourth-order valence-electron chi connectivity index (χ4n) is 2.21. The van der Waals surface area contributed by atoms with Crippen LogP contribution >= 0.6 is 0 Å². The van der Waals surface area contributed by atoms with Gasteiger partial charge < -0.3 is 4.84 Å². The molecule has 0 aliphatic carbocycles. The van der Waals surface area contributed by atoms with Crippen LogP contribution in [0.4, 0.5) is 0 Å². The lowest BCUT2D eigenvalue weighted by Crippen LogP contribution is -2.47. The van der Waals surface area contributed by atoms with Crippen molar-refractivity contribution in [1.82, 2.24) is 4.90 Å². The molecule has 0 unspecified atom stereocenters. The molecule has 0 saturated carbocycles. The van der Waals surface area contributed by atoms with Gasteiger partial charge in [0, 0.05) is 12.5 Å². The van der Waals surface area contributed by atoms with Crippen LogP contribution in [0.1, 0.15) is 26.7 Å². The summed E-state index contributed by atoms with van der Waals surface area (Å²) in [5, 5.41) is 4.27. The number of nitrogens with zero attached hydrogens (tertiary/aromatic N) is 2. The van der Waals surface area contributed by atoms with Crippen molar-refractivity contribution >= 4 is 5.71 Å². The van der Waals surface area contributed by atoms with E-state index in [9.17, 15) is 0 Å². The number of allylic oxidation sites excluding steroid dienone is 1. The summed E-state index contributed by atoms with van der Waals surface area (Å²) in [5.41, 5.74) is 2.54. The fourth-order valence-corrected chi connectivity index (χ4v) is 2.21. The molecule has 0 aromatic rings. The van der Waals surface area contributed by atoms with Crippen LogP contribution < -0.4 is 0 Å². The van der Waals surface area contributed by atoms with E-state index in [1.807, 2.05) is 0 Å². The summed E-state index contributed by atoms with van der Waals surface area (Å²) in [5.74, 6) is 0.696. The molecular formula is C12H20N2O. The Kier molecular flexibility index (Phi) is 3.41. The molecule has 3 heteroatoms. The van der Waals surface area contributed by atoms with Crippen molar-refractivity contribution in [2.24, 2.45) is 11.1 Å². The normalized spacial score (nSPS) is 31.7. The SMILES string of the molecule is CC(C)=CCO/N=C1/CN2CCC1CC2. The number of oxime groups is 1. The zero-order valence-corrected chi connectivity index (χ0v) is 9.70. The van der Waals surface area contributed by atoms with Gasteiger partial charge in [-0.25, -0.2) is 0 Å². The third kappa shape index (κ3) is 2.81. The third-order valence-corrected chi connectivity index (χ3v) is 3.19. The first-order valence-corrected chi connectivity index (χ1v) is 5.80. The molecule has 3 rings (SSSR count). The lowest BCUT2D eigenvalue weighted by atomic mass is 9.87. The van der Waals surface area contributed by atoms with Crippen molar-refractivity contribution in [3.8, 4) is 0 Å². The van der Waals surface area contributed by atoms with Crippen molar-refractivity contribution in [2.75, 3.05) is 26.2 Å². The Hall–Kier alpha value is -0.830. The van der Waals surface area contributed by atoms with Crippen molar-refractivity contribution < 1.29 is 4.84 Å². The van der Waals surface area contributed by atoms with Gasteiger partial charge in [-0.15, -0.1) is 0 Å². The predicted octanol–water partition coefficient (Wildman–Crippen LogP) is 2.05. The van der Waals surface area contributed by atoms with E-state index < -0.39 is 0 Å². The van der Waals surface area contributed by atoms with E-state index in [2.05, 4.69) is 30.0 Å². The lowest BCUT2D eigenvalue weighted by Gasteiger charge is -2.39. The summed E-state index contributed by atoms with van der Waals surface area (Å²) in [7, 11) is 0. The van der Waals surface area contributed by atoms with Gasteiger partial charge in [0.15, 0.2) is 0 Å². The quantitative estimate of drug-likeness (QED) is 0.403. The molecule has 3 heterocycles. The van der Waals surface area contributed by atoms with Crippen LogP contribution in [0.2, 0.25) is 0 Å². The van der Waals surface area contributed by atoms with Gasteiger partial charge in [-0.05, 0) is 45.9 Å². The van der Waals surface area contributed by atoms with Crippen LogP contribution in [-0.2, 0) is 4.84 Å². The maximum absolute atomic E-state index is 5.32. The standard InChI is InChI=1S/C12H20N2O/c1-10(2)5-8-15-13-12-9-14-6-3-11(12)4-7-14/h5,11H,3-4,6-9H2,1-2H3/b13-12-. The molecule has 0 aromatic carbocycles. The number of piperidine rings is 3. The molecule has 0 atom stereocenters. The Morgan fingerprint density at radius 2 is 2.20 bits per heavy atom. The molecule has 3 nitrogen and oxygen atoms in total. The molecule has 0 spiro atoms. The molecule has 0 N–H and O–H groups in total. The van der Waals surface area contributed by atoms with E-state index in [-0.39, 0.29) is 0 Å². The zero-order valence-electron chi connectivity index (χ0n) is 9.70. The Morgan fingerprint density at radius 3 is 2.73 bits per heavy atom. The third-order valence-electron chi connectivity index (χ3n) is 3.19. The van der Waals surface area contributed by atoms with Crippen LogP contribution in [-0.4, -0.2) is 36.9 Å². The maximum atomic E-state index is 5.32. The Bertz CT molecular complexity index is 271. The van der Waals surface area contributed by atoms with Crippen molar-refractivity contribution in [2.45, 2.75) is 26.7 Å². The van der Waals surface area contributed by atoms with Crippen LogP contribution in [0.25, 0.3) is 0 Å². The topological polar surface area (TPSA) is 24.8 Å². The zero-order chi connectivity index (χ0) is 10.7. The molecule has 2 bridgehead atoms. The minimum atomic E-state index is 0.610. The van der Waals surface area contributed by atoms with Gasteiger partial charge >= 0.3 is 0 Å². The first-order valence-electron chi connectivity index (χ1n) is 5.80. The highest BCUT2D eigenvalue weighted by Crippen LogP contribution is 2.25. The van der Waals surface area contributed by atoms with Gasteiger partial charge in [0.2, 0.25) is 0 Å². The molecule has 3 fully saturated rings. The maximum Gasteiger partial charge on any atom is 0.135 e. The predicted molar refractivity (Wildman–Crippen MR) is 62.0 cm³/mol. The summed E-state index contributed by atoms with van der Waals surface area (Å²) < 4.78 is 0. The van der Waals surface area contributed by atoms with E-state index in [4.69, 9.17) is 4.84 Å². The van der Waals surface area contributed by atoms with Gasteiger partial charge in [0.1, 0.15) is 6.61 Å². The summed E-state index contributed by atoms with van der Waals surface area (Å²) in [6, 6.07) is 0. The highest BCUT2D eigenvalue weighted by molar-refractivity contribution is 5.89. The van der Waals surface area contributed by atoms with Gasteiger partial charge in [-0.2, -0.15) is 0 Å². The van der Waals surface area contributed by atoms with Crippen molar-refractivity contribution in [1.29, 1.82) is 0 Å². The van der Waals surface area contributed by atoms with Crippen LogP contribution in [0.5, 0.6) is 0 Å². The van der Waals surface area contributed by atoms with Crippen molar-refractivity contribution in [3.05, 3.63) is 11.6 Å². The number of fused-ring (bicyclic) bond motifs is 3. The molecule has 0 aromatic heterocycles. The molecule has 84 valence electrons. The number of hydrogen-bond acceptors (Lipinski definition) is 3. The van der Waals surface area contributed by atoms with Gasteiger partial charge in [0.05, 0.1) is 5.71 Å². The second-order valence-corrected chi connectivity index (χ2v) is 4.71. The summed E-state index contributed by atoms with van der Waals surface area (Å²) in [6.45, 7) is 8.28. The van der Waals surface area contributed by atoms with Crippen LogP contribution in [0.3, 0.4) is 0 Å². The molecule has 0 amide bonds. The molecule has 3 aliphatic heterocycles. The minimum Gasteiger partial charge on any atom is -0.392 e. The number of rotatable bonds is 3. The smallest absolute Gasteiger partial charge is 0.135 e. The van der Waals surface area contributed by atoms with Crippen LogP contribution in [0.15, 0.2) is 16.8 Å². The van der Waals surface area contributed by atoms with Crippen molar-refractivity contribution in [3.63, 3.8) is 0 Å². The molecule has 15 heavy (non-hydrogen) atoms. The highest BCUT2D eigenvalue weighted by atomic mass is 16.6. The Balaban J connectivity index is 1.83. The summed E-state index contributed by atoms with van der Waals surface area (Å²) >= 11 is 0. The first kappa shape index (κ1) is 10.7. The molecule has 0 radical (unpaired) electrons. The average molecular weight is 208 g/mol. The number of hydrogen-bond donors (Lipinski definition) is 0.